The summed E-state index contributed by atoms with van der Waals surface area (Å²) in [4.78, 5) is 11.8. The van der Waals surface area contributed by atoms with E-state index in [1.807, 2.05) is 6.92 Å². The van der Waals surface area contributed by atoms with Crippen LogP contribution in [0.1, 0.15) is 29.3 Å². The van der Waals surface area contributed by atoms with Gasteiger partial charge in [0, 0.05) is 16.9 Å². The van der Waals surface area contributed by atoms with E-state index in [9.17, 15) is 9.18 Å². The van der Waals surface area contributed by atoms with Crippen molar-refractivity contribution in [2.24, 2.45) is 0 Å². The van der Waals surface area contributed by atoms with Gasteiger partial charge in [-0.1, -0.05) is 22.9 Å². The molecule has 1 unspecified atom stereocenters. The van der Waals surface area contributed by atoms with Crippen molar-refractivity contribution < 1.29 is 9.18 Å². The summed E-state index contributed by atoms with van der Waals surface area (Å²) >= 11 is 3.32. The van der Waals surface area contributed by atoms with E-state index in [1.54, 1.807) is 13.0 Å². The van der Waals surface area contributed by atoms with Gasteiger partial charge in [-0.2, -0.15) is 0 Å². The average molecular weight is 288 g/mol. The standard InChI is InChI=1S/C12H15BrFNO/c1-3-11(7-13)15-12(16)9-4-8(2)5-10(14)6-9/h4-6,11H,3,7H2,1-2H3,(H,15,16). The van der Waals surface area contributed by atoms with Crippen LogP contribution >= 0.6 is 15.9 Å². The van der Waals surface area contributed by atoms with Gasteiger partial charge < -0.3 is 5.32 Å². The molecule has 0 aromatic heterocycles. The summed E-state index contributed by atoms with van der Waals surface area (Å²) < 4.78 is 13.1. The molecule has 1 amide bonds. The summed E-state index contributed by atoms with van der Waals surface area (Å²) in [6, 6.07) is 4.41. The lowest BCUT2D eigenvalue weighted by molar-refractivity contribution is 0.0939. The number of hydrogen-bond acceptors (Lipinski definition) is 1. The van der Waals surface area contributed by atoms with E-state index in [2.05, 4.69) is 21.2 Å². The fourth-order valence-electron chi connectivity index (χ4n) is 1.39. The molecule has 0 aliphatic rings. The highest BCUT2D eigenvalue weighted by atomic mass is 79.9. The molecule has 1 rings (SSSR count). The summed E-state index contributed by atoms with van der Waals surface area (Å²) in [6.45, 7) is 3.75. The van der Waals surface area contributed by atoms with E-state index in [0.717, 1.165) is 12.0 Å². The first-order valence-electron chi connectivity index (χ1n) is 5.20. The molecule has 1 N–H and O–H groups in total. The van der Waals surface area contributed by atoms with E-state index in [1.165, 1.54) is 12.1 Å². The fraction of sp³-hybridized carbons (Fsp3) is 0.417. The van der Waals surface area contributed by atoms with Crippen molar-refractivity contribution >= 4 is 21.8 Å². The number of benzene rings is 1. The maximum Gasteiger partial charge on any atom is 0.251 e. The molecule has 88 valence electrons. The van der Waals surface area contributed by atoms with Gasteiger partial charge in [0.2, 0.25) is 0 Å². The van der Waals surface area contributed by atoms with Gasteiger partial charge in [0.1, 0.15) is 5.82 Å². The van der Waals surface area contributed by atoms with E-state index < -0.39 is 0 Å². The Balaban J connectivity index is 2.80. The van der Waals surface area contributed by atoms with Gasteiger partial charge in [0.15, 0.2) is 0 Å². The van der Waals surface area contributed by atoms with Crippen LogP contribution in [0.4, 0.5) is 4.39 Å². The lowest BCUT2D eigenvalue weighted by Crippen LogP contribution is -2.35. The van der Waals surface area contributed by atoms with Gasteiger partial charge in [-0.15, -0.1) is 0 Å². The van der Waals surface area contributed by atoms with Crippen molar-refractivity contribution in [3.05, 3.63) is 35.1 Å². The fourth-order valence-corrected chi connectivity index (χ4v) is 2.01. The highest BCUT2D eigenvalue weighted by molar-refractivity contribution is 9.09. The molecule has 2 nitrogen and oxygen atoms in total. The minimum atomic E-state index is -0.378. The molecule has 0 bridgehead atoms. The van der Waals surface area contributed by atoms with Gasteiger partial charge in [0.05, 0.1) is 0 Å². The number of nitrogens with one attached hydrogen (secondary N) is 1. The normalized spacial score (nSPS) is 12.2. The highest BCUT2D eigenvalue weighted by Gasteiger charge is 2.12. The van der Waals surface area contributed by atoms with Crippen LogP contribution in [0.2, 0.25) is 0 Å². The van der Waals surface area contributed by atoms with Crippen LogP contribution in [0.3, 0.4) is 0 Å². The van der Waals surface area contributed by atoms with Crippen LogP contribution < -0.4 is 5.32 Å². The summed E-state index contributed by atoms with van der Waals surface area (Å²) in [7, 11) is 0. The van der Waals surface area contributed by atoms with Crippen LogP contribution in [0.25, 0.3) is 0 Å². The van der Waals surface area contributed by atoms with Crippen molar-refractivity contribution in [2.45, 2.75) is 26.3 Å². The molecule has 0 saturated carbocycles. The molecule has 0 heterocycles. The maximum absolute atomic E-state index is 13.1. The number of halogens is 2. The van der Waals surface area contributed by atoms with E-state index in [4.69, 9.17) is 0 Å². The largest absolute Gasteiger partial charge is 0.348 e. The van der Waals surface area contributed by atoms with Crippen molar-refractivity contribution in [3.63, 3.8) is 0 Å². The topological polar surface area (TPSA) is 29.1 Å². The minimum absolute atomic E-state index is 0.0797. The molecular weight excluding hydrogens is 273 g/mol. The van der Waals surface area contributed by atoms with Gasteiger partial charge in [0.25, 0.3) is 5.91 Å². The number of rotatable bonds is 4. The smallest absolute Gasteiger partial charge is 0.251 e. The number of aryl methyl sites for hydroxylation is 1. The van der Waals surface area contributed by atoms with E-state index >= 15 is 0 Å². The Bertz CT molecular complexity index is 357. The molecule has 0 aliphatic carbocycles. The second kappa shape index (κ2) is 5.99. The first-order valence-corrected chi connectivity index (χ1v) is 6.33. The van der Waals surface area contributed by atoms with Crippen LogP contribution in [-0.2, 0) is 0 Å². The molecule has 16 heavy (non-hydrogen) atoms. The zero-order chi connectivity index (χ0) is 12.1. The number of carbonyl (C=O) groups is 1. The van der Waals surface area contributed by atoms with Gasteiger partial charge in [-0.25, -0.2) is 4.39 Å². The van der Waals surface area contributed by atoms with E-state index in [0.29, 0.717) is 10.9 Å². The van der Waals surface area contributed by atoms with Gasteiger partial charge in [-0.05, 0) is 37.1 Å². The first-order chi connectivity index (χ1) is 7.56. The monoisotopic (exact) mass is 287 g/mol. The Hall–Kier alpha value is -0.900. The average Bonchev–Trinajstić information content (AvgIpc) is 2.24. The summed E-state index contributed by atoms with van der Waals surface area (Å²) in [5, 5.41) is 3.53. The second-order valence-electron chi connectivity index (χ2n) is 3.75. The molecule has 4 heteroatoms. The molecular formula is C12H15BrFNO. The van der Waals surface area contributed by atoms with Crippen LogP contribution in [-0.4, -0.2) is 17.3 Å². The summed E-state index contributed by atoms with van der Waals surface area (Å²) in [5.41, 5.74) is 1.12. The summed E-state index contributed by atoms with van der Waals surface area (Å²) in [5.74, 6) is -0.606. The van der Waals surface area contributed by atoms with E-state index in [-0.39, 0.29) is 17.8 Å². The molecule has 1 atom stereocenters. The quantitative estimate of drug-likeness (QED) is 0.848. The van der Waals surface area contributed by atoms with Crippen molar-refractivity contribution in [3.8, 4) is 0 Å². The maximum atomic E-state index is 13.1. The molecule has 0 radical (unpaired) electrons. The Morgan fingerprint density at radius 2 is 2.19 bits per heavy atom. The van der Waals surface area contributed by atoms with Crippen molar-refractivity contribution in [1.29, 1.82) is 0 Å². The lowest BCUT2D eigenvalue weighted by Gasteiger charge is -2.14. The second-order valence-corrected chi connectivity index (χ2v) is 4.40. The Morgan fingerprint density at radius 3 is 2.69 bits per heavy atom. The zero-order valence-corrected chi connectivity index (χ0v) is 11.0. The molecule has 0 aliphatic heterocycles. The predicted molar refractivity (Wildman–Crippen MR) is 66.5 cm³/mol. The van der Waals surface area contributed by atoms with Gasteiger partial charge >= 0.3 is 0 Å². The number of carbonyl (C=O) groups excluding carboxylic acids is 1. The number of hydrogen-bond donors (Lipinski definition) is 1. The molecule has 0 spiro atoms. The molecule has 1 aromatic rings. The SMILES string of the molecule is CCC(CBr)NC(=O)c1cc(C)cc(F)c1. The zero-order valence-electron chi connectivity index (χ0n) is 9.39. The third-order valence-corrected chi connectivity index (χ3v) is 3.10. The number of alkyl halides is 1. The Labute approximate surface area is 103 Å². The predicted octanol–water partition coefficient (Wildman–Crippen LogP) is 3.04. The van der Waals surface area contributed by atoms with Crippen molar-refractivity contribution in [2.75, 3.05) is 5.33 Å². The molecule has 0 fully saturated rings. The highest BCUT2D eigenvalue weighted by Crippen LogP contribution is 2.09. The van der Waals surface area contributed by atoms with Gasteiger partial charge in [-0.3, -0.25) is 4.79 Å². The number of amides is 1. The Morgan fingerprint density at radius 1 is 1.50 bits per heavy atom. The first kappa shape index (κ1) is 13.2. The lowest BCUT2D eigenvalue weighted by atomic mass is 10.1. The van der Waals surface area contributed by atoms with Crippen molar-refractivity contribution in [1.82, 2.24) is 5.32 Å². The van der Waals surface area contributed by atoms with Crippen LogP contribution in [0.15, 0.2) is 18.2 Å². The minimum Gasteiger partial charge on any atom is -0.348 e. The third-order valence-electron chi connectivity index (χ3n) is 2.32. The Kier molecular flexibility index (Phi) is 4.93. The molecule has 1 aromatic carbocycles. The third kappa shape index (κ3) is 3.59. The summed E-state index contributed by atoms with van der Waals surface area (Å²) in [6.07, 6.45) is 0.839. The van der Waals surface area contributed by atoms with Crippen LogP contribution in [0.5, 0.6) is 0 Å². The van der Waals surface area contributed by atoms with Crippen LogP contribution in [0, 0.1) is 12.7 Å². The molecule has 0 saturated heterocycles.